The molecular weight excluding hydrogens is 374 g/mol. The number of H-pyrrole nitrogens is 1. The Morgan fingerprint density at radius 1 is 1.10 bits per heavy atom. The Morgan fingerprint density at radius 2 is 1.76 bits per heavy atom. The maximum absolute atomic E-state index is 13.0. The molecule has 5 rings (SSSR count). The first-order valence-electron chi connectivity index (χ1n) is 10.5. The highest BCUT2D eigenvalue weighted by atomic mass is 16.5. The van der Waals surface area contributed by atoms with Crippen molar-refractivity contribution in [2.45, 2.75) is 64.9 Å². The molecule has 1 aromatic heterocycles. The molecule has 0 aliphatic heterocycles. The molecule has 0 saturated heterocycles. The third kappa shape index (κ3) is 3.39. The molecule has 1 heterocycles. The van der Waals surface area contributed by atoms with Gasteiger partial charge in [-0.25, -0.2) is 4.79 Å². The van der Waals surface area contributed by atoms with Crippen LogP contribution in [0.1, 0.15) is 77.6 Å². The van der Waals surface area contributed by atoms with Crippen molar-refractivity contribution in [3.05, 3.63) is 22.5 Å². The lowest BCUT2D eigenvalue weighted by atomic mass is 9.48. The minimum Gasteiger partial charge on any atom is -0.462 e. The number of Topliss-reactive ketones (excluding diaryl/α,β-unsaturated/α-hetero) is 1. The zero-order valence-corrected chi connectivity index (χ0v) is 17.3. The van der Waals surface area contributed by atoms with Gasteiger partial charge in [0.1, 0.15) is 0 Å². The molecule has 29 heavy (non-hydrogen) atoms. The molecule has 0 spiro atoms. The molecular formula is C22H29NO6. The second kappa shape index (κ2) is 6.97. The highest BCUT2D eigenvalue weighted by molar-refractivity contribution is 6.02. The zero-order valence-electron chi connectivity index (χ0n) is 17.3. The summed E-state index contributed by atoms with van der Waals surface area (Å²) in [5, 5.41) is 10.8. The van der Waals surface area contributed by atoms with Crippen LogP contribution in [0.4, 0.5) is 0 Å². The first-order chi connectivity index (χ1) is 13.7. The van der Waals surface area contributed by atoms with Gasteiger partial charge in [0.2, 0.25) is 5.78 Å². The number of rotatable bonds is 6. The predicted molar refractivity (Wildman–Crippen MR) is 104 cm³/mol. The SMILES string of the molecule is CCOC(=O)c1c(C)[nH]c(C(=O)COC(=O)C23CC4CC(CC(O)(C4)C2)C3)c1C. The topological polar surface area (TPSA) is 106 Å². The van der Waals surface area contributed by atoms with E-state index in [4.69, 9.17) is 9.47 Å². The number of hydrogen-bond donors (Lipinski definition) is 2. The summed E-state index contributed by atoms with van der Waals surface area (Å²) in [5.41, 5.74) is 0.266. The average molecular weight is 403 g/mol. The van der Waals surface area contributed by atoms with Crippen molar-refractivity contribution in [2.24, 2.45) is 17.3 Å². The normalized spacial score (nSPS) is 32.3. The predicted octanol–water partition coefficient (Wildman–Crippen LogP) is 2.87. The Bertz CT molecular complexity index is 855. The fourth-order valence-corrected chi connectivity index (χ4v) is 6.35. The lowest BCUT2D eigenvalue weighted by Gasteiger charge is -2.58. The van der Waals surface area contributed by atoms with Crippen LogP contribution in [0.15, 0.2) is 0 Å². The van der Waals surface area contributed by atoms with Crippen LogP contribution >= 0.6 is 0 Å². The quantitative estimate of drug-likeness (QED) is 0.559. The van der Waals surface area contributed by atoms with Gasteiger partial charge >= 0.3 is 11.9 Å². The first-order valence-corrected chi connectivity index (χ1v) is 10.5. The van der Waals surface area contributed by atoms with E-state index in [1.165, 1.54) is 0 Å². The molecule has 0 aromatic carbocycles. The van der Waals surface area contributed by atoms with Crippen molar-refractivity contribution in [3.8, 4) is 0 Å². The Balaban J connectivity index is 1.45. The van der Waals surface area contributed by atoms with Crippen LogP contribution in [-0.4, -0.2) is 46.6 Å². The number of aliphatic hydroxyl groups is 1. The van der Waals surface area contributed by atoms with Crippen molar-refractivity contribution in [3.63, 3.8) is 0 Å². The van der Waals surface area contributed by atoms with Gasteiger partial charge < -0.3 is 19.6 Å². The third-order valence-electron chi connectivity index (χ3n) is 6.99. The van der Waals surface area contributed by atoms with Crippen LogP contribution in [0.5, 0.6) is 0 Å². The van der Waals surface area contributed by atoms with Crippen LogP contribution in [0, 0.1) is 31.1 Å². The summed E-state index contributed by atoms with van der Waals surface area (Å²) in [7, 11) is 0. The lowest BCUT2D eigenvalue weighted by molar-refractivity contribution is -0.195. The second-order valence-corrected chi connectivity index (χ2v) is 9.31. The summed E-state index contributed by atoms with van der Waals surface area (Å²) >= 11 is 0. The van der Waals surface area contributed by atoms with Crippen LogP contribution in [0.3, 0.4) is 0 Å². The van der Waals surface area contributed by atoms with E-state index in [9.17, 15) is 19.5 Å². The Labute approximate surface area is 170 Å². The Hall–Kier alpha value is -2.15. The molecule has 7 nitrogen and oxygen atoms in total. The summed E-state index contributed by atoms with van der Waals surface area (Å²) in [4.78, 5) is 40.7. The number of aromatic nitrogens is 1. The number of carbonyl (C=O) groups is 3. The molecule has 0 radical (unpaired) electrons. The van der Waals surface area contributed by atoms with E-state index >= 15 is 0 Å². The van der Waals surface area contributed by atoms with Gasteiger partial charge in [-0.2, -0.15) is 0 Å². The molecule has 7 heteroatoms. The minimum absolute atomic E-state index is 0.250. The van der Waals surface area contributed by atoms with Crippen molar-refractivity contribution >= 4 is 17.7 Å². The van der Waals surface area contributed by atoms with Gasteiger partial charge in [0.05, 0.1) is 28.9 Å². The number of esters is 2. The molecule has 4 saturated carbocycles. The monoisotopic (exact) mass is 403 g/mol. The minimum atomic E-state index is -0.755. The van der Waals surface area contributed by atoms with Gasteiger partial charge in [-0.3, -0.25) is 9.59 Å². The van der Waals surface area contributed by atoms with Gasteiger partial charge in [0.15, 0.2) is 6.61 Å². The molecule has 158 valence electrons. The molecule has 2 unspecified atom stereocenters. The number of aryl methyl sites for hydroxylation is 1. The summed E-state index contributed by atoms with van der Waals surface area (Å²) in [6.07, 6.45) is 4.55. The van der Waals surface area contributed by atoms with Crippen LogP contribution in [0.25, 0.3) is 0 Å². The van der Waals surface area contributed by atoms with Crippen molar-refractivity contribution < 1.29 is 29.0 Å². The van der Waals surface area contributed by atoms with Crippen molar-refractivity contribution in [2.75, 3.05) is 13.2 Å². The van der Waals surface area contributed by atoms with Crippen LogP contribution in [-0.2, 0) is 14.3 Å². The second-order valence-electron chi connectivity index (χ2n) is 9.31. The van der Waals surface area contributed by atoms with E-state index in [0.29, 0.717) is 35.1 Å². The standard InChI is InChI=1S/C22H29NO6/c1-4-28-19(25)17-12(2)18(23-13(17)3)16(24)10-29-20(26)21-6-14-5-15(7-21)9-22(27,8-14)11-21/h14-15,23,27H,4-11H2,1-3H3. The van der Waals surface area contributed by atoms with Crippen LogP contribution in [0.2, 0.25) is 0 Å². The van der Waals surface area contributed by atoms with Gasteiger partial charge in [0.25, 0.3) is 0 Å². The molecule has 4 aliphatic carbocycles. The number of ketones is 1. The lowest BCUT2D eigenvalue weighted by Crippen LogP contribution is -2.58. The fourth-order valence-electron chi connectivity index (χ4n) is 6.35. The van der Waals surface area contributed by atoms with Crippen molar-refractivity contribution in [1.29, 1.82) is 0 Å². The van der Waals surface area contributed by atoms with Crippen LogP contribution < -0.4 is 0 Å². The zero-order chi connectivity index (χ0) is 21.0. The van der Waals surface area contributed by atoms with E-state index in [1.54, 1.807) is 20.8 Å². The maximum atomic E-state index is 13.0. The van der Waals surface area contributed by atoms with E-state index in [2.05, 4.69) is 4.98 Å². The highest BCUT2D eigenvalue weighted by Gasteiger charge is 2.60. The summed E-state index contributed by atoms with van der Waals surface area (Å²) < 4.78 is 10.5. The number of carbonyl (C=O) groups excluding carboxylic acids is 3. The number of hydrogen-bond acceptors (Lipinski definition) is 6. The molecule has 2 atom stereocenters. The van der Waals surface area contributed by atoms with Gasteiger partial charge in [-0.15, -0.1) is 0 Å². The van der Waals surface area contributed by atoms with E-state index < -0.39 is 17.0 Å². The third-order valence-corrected chi connectivity index (χ3v) is 6.99. The molecule has 4 bridgehead atoms. The first kappa shape index (κ1) is 20.1. The maximum Gasteiger partial charge on any atom is 0.340 e. The van der Waals surface area contributed by atoms with E-state index in [-0.39, 0.29) is 30.7 Å². The van der Waals surface area contributed by atoms with Gasteiger partial charge in [0, 0.05) is 5.69 Å². The molecule has 4 fully saturated rings. The van der Waals surface area contributed by atoms with Gasteiger partial charge in [-0.05, 0) is 76.7 Å². The van der Waals surface area contributed by atoms with Gasteiger partial charge in [-0.1, -0.05) is 0 Å². The molecule has 4 aliphatic rings. The number of ether oxygens (including phenoxy) is 2. The average Bonchev–Trinajstić information content (AvgIpc) is 2.92. The Kier molecular flexibility index (Phi) is 4.84. The molecule has 1 aromatic rings. The number of aromatic amines is 1. The summed E-state index contributed by atoms with van der Waals surface area (Å²) in [6, 6.07) is 0. The van der Waals surface area contributed by atoms with E-state index in [1.807, 2.05) is 0 Å². The molecule has 2 N–H and O–H groups in total. The largest absolute Gasteiger partial charge is 0.462 e. The highest BCUT2D eigenvalue weighted by Crippen LogP contribution is 2.61. The molecule has 0 amide bonds. The summed E-state index contributed by atoms with van der Waals surface area (Å²) in [5.74, 6) is -0.491. The fraction of sp³-hybridized carbons (Fsp3) is 0.682. The number of nitrogens with one attached hydrogen (secondary N) is 1. The smallest absolute Gasteiger partial charge is 0.340 e. The van der Waals surface area contributed by atoms with E-state index in [0.717, 1.165) is 32.1 Å². The summed E-state index contributed by atoms with van der Waals surface area (Å²) in [6.45, 7) is 4.98. The van der Waals surface area contributed by atoms with Crippen molar-refractivity contribution in [1.82, 2.24) is 4.98 Å². The Morgan fingerprint density at radius 3 is 2.34 bits per heavy atom.